The molecule has 2 aromatic rings. The molecule has 0 N–H and O–H groups in total. The van der Waals surface area contributed by atoms with E-state index in [1.165, 1.54) is 11.3 Å². The summed E-state index contributed by atoms with van der Waals surface area (Å²) in [6, 6.07) is 18.3. The number of hydrogen-bond donors (Lipinski definition) is 2. The van der Waals surface area contributed by atoms with Gasteiger partial charge in [0.1, 0.15) is 0 Å². The minimum absolute atomic E-state index is 0.0201. The molecule has 25 heavy (non-hydrogen) atoms. The highest BCUT2D eigenvalue weighted by Crippen LogP contribution is 2.22. The summed E-state index contributed by atoms with van der Waals surface area (Å²) in [4.78, 5) is 10.1. The van der Waals surface area contributed by atoms with Crippen LogP contribution in [0.5, 0.6) is 5.75 Å². The molecule has 1 aliphatic heterocycles. The molecule has 0 spiro atoms. The Morgan fingerprint density at radius 2 is 1.64 bits per heavy atom. The third kappa shape index (κ3) is 5.42. The SMILES string of the molecule is SC(S)N1CCN(c2ccc(O/N=C/Cc3ccccc3)cc2)CC1. The Kier molecular flexibility index (Phi) is 6.67. The van der Waals surface area contributed by atoms with Gasteiger partial charge in [-0.25, -0.2) is 0 Å². The average molecular weight is 374 g/mol. The minimum atomic E-state index is 0.0201. The van der Waals surface area contributed by atoms with E-state index in [9.17, 15) is 0 Å². The molecule has 0 radical (unpaired) electrons. The van der Waals surface area contributed by atoms with Crippen LogP contribution in [0.3, 0.4) is 0 Å². The van der Waals surface area contributed by atoms with Crippen molar-refractivity contribution in [3.05, 3.63) is 60.2 Å². The molecule has 0 atom stereocenters. The fraction of sp³-hybridized carbons (Fsp3) is 0.316. The lowest BCUT2D eigenvalue weighted by Crippen LogP contribution is -2.47. The number of benzene rings is 2. The lowest BCUT2D eigenvalue weighted by Gasteiger charge is -2.37. The second kappa shape index (κ2) is 9.17. The fourth-order valence-electron chi connectivity index (χ4n) is 2.78. The van der Waals surface area contributed by atoms with Gasteiger partial charge in [0.2, 0.25) is 0 Å². The van der Waals surface area contributed by atoms with Crippen molar-refractivity contribution in [2.75, 3.05) is 31.1 Å². The van der Waals surface area contributed by atoms with Crippen molar-refractivity contribution in [1.82, 2.24) is 4.90 Å². The largest absolute Gasteiger partial charge is 0.369 e. The third-order valence-electron chi connectivity index (χ3n) is 4.25. The second-order valence-corrected chi connectivity index (χ2v) is 7.32. The summed E-state index contributed by atoms with van der Waals surface area (Å²) in [7, 11) is 0. The number of hydrogen-bond acceptors (Lipinski definition) is 6. The van der Waals surface area contributed by atoms with Gasteiger partial charge < -0.3 is 9.74 Å². The van der Waals surface area contributed by atoms with E-state index in [1.807, 2.05) is 30.3 Å². The second-order valence-electron chi connectivity index (χ2n) is 5.93. The van der Waals surface area contributed by atoms with Gasteiger partial charge >= 0.3 is 0 Å². The molecule has 3 rings (SSSR count). The maximum absolute atomic E-state index is 5.44. The van der Waals surface area contributed by atoms with Crippen LogP contribution in [-0.2, 0) is 6.42 Å². The van der Waals surface area contributed by atoms with Gasteiger partial charge in [-0.3, -0.25) is 4.90 Å². The first-order chi connectivity index (χ1) is 12.2. The van der Waals surface area contributed by atoms with Crippen molar-refractivity contribution >= 4 is 37.2 Å². The van der Waals surface area contributed by atoms with Gasteiger partial charge in [0.05, 0.1) is 4.71 Å². The van der Waals surface area contributed by atoms with E-state index in [0.29, 0.717) is 0 Å². The van der Waals surface area contributed by atoms with Crippen molar-refractivity contribution in [2.45, 2.75) is 11.1 Å². The molecule has 0 unspecified atom stereocenters. The smallest absolute Gasteiger partial charge is 0.158 e. The summed E-state index contributed by atoms with van der Waals surface area (Å²) in [5.74, 6) is 0.748. The Morgan fingerprint density at radius 3 is 2.28 bits per heavy atom. The molecule has 0 aliphatic carbocycles. The highest BCUT2D eigenvalue weighted by molar-refractivity contribution is 7.99. The summed E-state index contributed by atoms with van der Waals surface area (Å²) in [6.07, 6.45) is 2.55. The number of piperazine rings is 1. The van der Waals surface area contributed by atoms with Gasteiger partial charge in [0.25, 0.3) is 0 Å². The normalized spacial score (nSPS) is 15.9. The number of nitrogens with zero attached hydrogens (tertiary/aromatic N) is 3. The van der Waals surface area contributed by atoms with Crippen molar-refractivity contribution in [2.24, 2.45) is 5.16 Å². The summed E-state index contributed by atoms with van der Waals surface area (Å²) in [6.45, 7) is 3.90. The number of anilines is 1. The maximum Gasteiger partial charge on any atom is 0.158 e. The van der Waals surface area contributed by atoms with Crippen molar-refractivity contribution in [3.8, 4) is 5.75 Å². The van der Waals surface area contributed by atoms with E-state index in [2.05, 4.69) is 64.5 Å². The first-order valence-electron chi connectivity index (χ1n) is 8.40. The van der Waals surface area contributed by atoms with Gasteiger partial charge in [-0.15, -0.1) is 25.3 Å². The average Bonchev–Trinajstić information content (AvgIpc) is 2.67. The Balaban J connectivity index is 1.47. The highest BCUT2D eigenvalue weighted by atomic mass is 32.2. The zero-order valence-electron chi connectivity index (χ0n) is 14.0. The van der Waals surface area contributed by atoms with Crippen molar-refractivity contribution < 1.29 is 4.84 Å². The van der Waals surface area contributed by atoms with Gasteiger partial charge in [0, 0.05) is 44.5 Å². The topological polar surface area (TPSA) is 28.1 Å². The number of rotatable bonds is 6. The Hall–Kier alpha value is -1.63. The van der Waals surface area contributed by atoms with E-state index in [1.54, 1.807) is 6.21 Å². The Bertz CT molecular complexity index is 669. The predicted octanol–water partition coefficient (Wildman–Crippen LogP) is 3.56. The van der Waals surface area contributed by atoms with Crippen LogP contribution < -0.4 is 9.74 Å². The van der Waals surface area contributed by atoms with Gasteiger partial charge in [0.15, 0.2) is 5.75 Å². The highest BCUT2D eigenvalue weighted by Gasteiger charge is 2.19. The van der Waals surface area contributed by atoms with Crippen molar-refractivity contribution in [3.63, 3.8) is 0 Å². The van der Waals surface area contributed by atoms with Crippen molar-refractivity contribution in [1.29, 1.82) is 0 Å². The quantitative estimate of drug-likeness (QED) is 0.351. The lowest BCUT2D eigenvalue weighted by atomic mass is 10.2. The Morgan fingerprint density at radius 1 is 0.960 bits per heavy atom. The van der Waals surface area contributed by atoms with Crippen LogP contribution in [0.15, 0.2) is 59.8 Å². The van der Waals surface area contributed by atoms with Gasteiger partial charge in [-0.1, -0.05) is 35.5 Å². The predicted molar refractivity (Wildman–Crippen MR) is 111 cm³/mol. The molecule has 1 saturated heterocycles. The molecule has 2 aromatic carbocycles. The molecule has 0 aromatic heterocycles. The fourth-order valence-corrected chi connectivity index (χ4v) is 3.25. The first-order valence-corrected chi connectivity index (χ1v) is 9.43. The molecule has 4 nitrogen and oxygen atoms in total. The minimum Gasteiger partial charge on any atom is -0.369 e. The van der Waals surface area contributed by atoms with E-state index >= 15 is 0 Å². The molecule has 0 bridgehead atoms. The molecule has 0 saturated carbocycles. The zero-order chi connectivity index (χ0) is 17.5. The Labute approximate surface area is 160 Å². The number of thiol groups is 2. The van der Waals surface area contributed by atoms with Crippen LogP contribution in [0.2, 0.25) is 0 Å². The molecule has 0 amide bonds. The number of oxime groups is 1. The van der Waals surface area contributed by atoms with E-state index < -0.39 is 0 Å². The summed E-state index contributed by atoms with van der Waals surface area (Å²) in [5, 5.41) is 4.05. The monoisotopic (exact) mass is 373 g/mol. The van der Waals surface area contributed by atoms with E-state index in [0.717, 1.165) is 38.3 Å². The lowest BCUT2D eigenvalue weighted by molar-refractivity contribution is 0.287. The van der Waals surface area contributed by atoms with Crippen LogP contribution in [-0.4, -0.2) is 42.0 Å². The van der Waals surface area contributed by atoms with Gasteiger partial charge in [-0.2, -0.15) is 0 Å². The van der Waals surface area contributed by atoms with Crippen LogP contribution in [0.4, 0.5) is 5.69 Å². The standard InChI is InChI=1S/C19H23N3OS2/c24-19(25)22-14-12-21(13-15-22)17-6-8-18(9-7-17)23-20-11-10-16-4-2-1-3-5-16/h1-9,11,19,24-25H,10,12-15H2/b20-11+. The molecule has 6 heteroatoms. The molecular formula is C19H23N3OS2. The van der Waals surface area contributed by atoms with Gasteiger partial charge in [-0.05, 0) is 29.8 Å². The first kappa shape index (κ1) is 18.2. The summed E-state index contributed by atoms with van der Waals surface area (Å²) in [5.41, 5.74) is 2.42. The molecular weight excluding hydrogens is 350 g/mol. The molecule has 1 fully saturated rings. The maximum atomic E-state index is 5.44. The summed E-state index contributed by atoms with van der Waals surface area (Å²) < 4.78 is 0.0201. The van der Waals surface area contributed by atoms with Crippen LogP contribution in [0, 0.1) is 0 Å². The van der Waals surface area contributed by atoms with Crippen LogP contribution in [0.1, 0.15) is 5.56 Å². The molecule has 1 aliphatic rings. The van der Waals surface area contributed by atoms with E-state index in [4.69, 9.17) is 4.84 Å². The third-order valence-corrected chi connectivity index (χ3v) is 4.90. The van der Waals surface area contributed by atoms with Crippen LogP contribution in [0.25, 0.3) is 0 Å². The molecule has 1 heterocycles. The van der Waals surface area contributed by atoms with E-state index in [-0.39, 0.29) is 4.71 Å². The molecule has 132 valence electrons. The summed E-state index contributed by atoms with van der Waals surface area (Å²) >= 11 is 8.75. The zero-order valence-corrected chi connectivity index (χ0v) is 15.8. The van der Waals surface area contributed by atoms with Crippen LogP contribution >= 0.6 is 25.3 Å².